The summed E-state index contributed by atoms with van der Waals surface area (Å²) < 4.78 is 0. The SMILES string of the molecule is C=NC(=S)/N=C\C. The Bertz CT molecular complexity index is 106. The molecule has 2 nitrogen and oxygen atoms in total. The summed E-state index contributed by atoms with van der Waals surface area (Å²) in [6.45, 7) is 4.95. The maximum absolute atomic E-state index is 4.53. The van der Waals surface area contributed by atoms with Crippen LogP contribution in [0.25, 0.3) is 0 Å². The second-order valence-electron chi connectivity index (χ2n) is 0.828. The number of hydrogen-bond donors (Lipinski definition) is 0. The normalized spacial score (nSPS) is 9.29. The van der Waals surface area contributed by atoms with Gasteiger partial charge in [-0.3, -0.25) is 0 Å². The molecule has 0 N–H and O–H groups in total. The Morgan fingerprint density at radius 3 is 2.57 bits per heavy atom. The van der Waals surface area contributed by atoms with Crippen molar-refractivity contribution in [1.29, 1.82) is 0 Å². The zero-order valence-electron chi connectivity index (χ0n) is 4.09. The first-order chi connectivity index (χ1) is 3.31. The van der Waals surface area contributed by atoms with Crippen LogP contribution in [0.2, 0.25) is 0 Å². The fourth-order valence-corrected chi connectivity index (χ4v) is 0.257. The van der Waals surface area contributed by atoms with Crippen molar-refractivity contribution >= 4 is 30.3 Å². The summed E-state index contributed by atoms with van der Waals surface area (Å²) in [6, 6.07) is 0. The highest BCUT2D eigenvalue weighted by atomic mass is 32.1. The van der Waals surface area contributed by atoms with Gasteiger partial charge in [0.15, 0.2) is 0 Å². The third-order valence-electron chi connectivity index (χ3n) is 0.375. The summed E-state index contributed by atoms with van der Waals surface area (Å²) in [5.74, 6) is 0. The predicted octanol–water partition coefficient (Wildman–Crippen LogP) is 1.06. The lowest BCUT2D eigenvalue weighted by Crippen LogP contribution is -1.78. The van der Waals surface area contributed by atoms with Crippen LogP contribution in [0.4, 0.5) is 0 Å². The maximum atomic E-state index is 4.53. The molecular weight excluding hydrogens is 108 g/mol. The van der Waals surface area contributed by atoms with E-state index in [1.807, 2.05) is 0 Å². The van der Waals surface area contributed by atoms with Crippen LogP contribution in [-0.2, 0) is 0 Å². The summed E-state index contributed by atoms with van der Waals surface area (Å²) in [5, 5.41) is 0.294. The molecule has 7 heavy (non-hydrogen) atoms. The second-order valence-corrected chi connectivity index (χ2v) is 1.19. The molecule has 3 heteroatoms. The second kappa shape index (κ2) is 3.61. The van der Waals surface area contributed by atoms with E-state index in [1.54, 1.807) is 13.1 Å². The van der Waals surface area contributed by atoms with E-state index in [1.165, 1.54) is 0 Å². The number of rotatable bonds is 0. The maximum Gasteiger partial charge on any atom is 0.218 e. The molecule has 0 saturated heterocycles. The highest BCUT2D eigenvalue weighted by Crippen LogP contribution is 1.76. The average Bonchev–Trinajstić information content (AvgIpc) is 1.68. The molecule has 0 unspecified atom stereocenters. The molecule has 0 aromatic rings. The Kier molecular flexibility index (Phi) is 3.32. The third-order valence-corrected chi connectivity index (χ3v) is 0.609. The summed E-state index contributed by atoms with van der Waals surface area (Å²) in [4.78, 5) is 6.98. The lowest BCUT2D eigenvalue weighted by molar-refractivity contribution is 1.63. The van der Waals surface area contributed by atoms with Gasteiger partial charge in [0.2, 0.25) is 5.11 Å². The number of aliphatic imine (C=N–C) groups is 2. The molecule has 0 bridgehead atoms. The van der Waals surface area contributed by atoms with E-state index < -0.39 is 0 Å². The van der Waals surface area contributed by atoms with Crippen molar-refractivity contribution in [3.05, 3.63) is 0 Å². The molecule has 0 rings (SSSR count). The topological polar surface area (TPSA) is 24.7 Å². The van der Waals surface area contributed by atoms with E-state index in [0.29, 0.717) is 5.11 Å². The molecular formula is C4H6N2S. The van der Waals surface area contributed by atoms with Gasteiger partial charge in [-0.05, 0) is 25.9 Å². The van der Waals surface area contributed by atoms with E-state index in [-0.39, 0.29) is 0 Å². The summed E-state index contributed by atoms with van der Waals surface area (Å²) in [5.41, 5.74) is 0. The van der Waals surface area contributed by atoms with Crippen LogP contribution in [0, 0.1) is 0 Å². The minimum absolute atomic E-state index is 0.294. The summed E-state index contributed by atoms with van der Waals surface area (Å²) in [6.07, 6.45) is 1.58. The van der Waals surface area contributed by atoms with Gasteiger partial charge in [0.25, 0.3) is 0 Å². The van der Waals surface area contributed by atoms with Gasteiger partial charge < -0.3 is 0 Å². The van der Waals surface area contributed by atoms with Crippen molar-refractivity contribution < 1.29 is 0 Å². The Morgan fingerprint density at radius 1 is 1.86 bits per heavy atom. The first-order valence-corrected chi connectivity index (χ1v) is 2.21. The van der Waals surface area contributed by atoms with Crippen LogP contribution in [0.1, 0.15) is 6.92 Å². The Morgan fingerprint density at radius 2 is 2.43 bits per heavy atom. The van der Waals surface area contributed by atoms with Gasteiger partial charge in [-0.15, -0.1) is 0 Å². The van der Waals surface area contributed by atoms with Gasteiger partial charge >= 0.3 is 0 Å². The third kappa shape index (κ3) is 3.26. The monoisotopic (exact) mass is 114 g/mol. The van der Waals surface area contributed by atoms with Crippen LogP contribution in [0.5, 0.6) is 0 Å². The molecule has 0 aliphatic carbocycles. The fraction of sp³-hybridized carbons (Fsp3) is 0.250. The van der Waals surface area contributed by atoms with Gasteiger partial charge in [-0.25, -0.2) is 9.98 Å². The summed E-state index contributed by atoms with van der Waals surface area (Å²) >= 11 is 4.53. The van der Waals surface area contributed by atoms with Gasteiger partial charge in [-0.1, -0.05) is 0 Å². The first kappa shape index (κ1) is 6.43. The van der Waals surface area contributed by atoms with Gasteiger partial charge in [0, 0.05) is 6.21 Å². The van der Waals surface area contributed by atoms with Crippen LogP contribution in [-0.4, -0.2) is 18.0 Å². The van der Waals surface area contributed by atoms with Crippen LogP contribution < -0.4 is 0 Å². The quantitative estimate of drug-likeness (QED) is 0.341. The number of hydrogen-bond acceptors (Lipinski definition) is 1. The average molecular weight is 114 g/mol. The van der Waals surface area contributed by atoms with Crippen molar-refractivity contribution in [1.82, 2.24) is 0 Å². The number of nitrogens with zero attached hydrogens (tertiary/aromatic N) is 2. The molecule has 0 heterocycles. The van der Waals surface area contributed by atoms with Crippen molar-refractivity contribution in [3.8, 4) is 0 Å². The number of thiocarbonyl (C=S) groups is 1. The van der Waals surface area contributed by atoms with E-state index >= 15 is 0 Å². The smallest absolute Gasteiger partial charge is 0.218 e. The zero-order chi connectivity index (χ0) is 5.70. The summed E-state index contributed by atoms with van der Waals surface area (Å²) in [7, 11) is 0. The van der Waals surface area contributed by atoms with Gasteiger partial charge in [-0.2, -0.15) is 0 Å². The zero-order valence-corrected chi connectivity index (χ0v) is 4.90. The molecule has 38 valence electrons. The van der Waals surface area contributed by atoms with Crippen molar-refractivity contribution in [2.45, 2.75) is 6.92 Å². The molecule has 0 aromatic heterocycles. The minimum Gasteiger partial charge on any atom is -0.235 e. The van der Waals surface area contributed by atoms with E-state index in [4.69, 9.17) is 0 Å². The van der Waals surface area contributed by atoms with E-state index in [2.05, 4.69) is 28.9 Å². The molecule has 0 aliphatic rings. The van der Waals surface area contributed by atoms with Crippen LogP contribution in [0.3, 0.4) is 0 Å². The van der Waals surface area contributed by atoms with Crippen molar-refractivity contribution in [2.24, 2.45) is 9.98 Å². The Hall–Kier alpha value is -0.570. The van der Waals surface area contributed by atoms with Gasteiger partial charge in [0.05, 0.1) is 0 Å². The highest BCUT2D eigenvalue weighted by molar-refractivity contribution is 7.80. The van der Waals surface area contributed by atoms with Crippen LogP contribution >= 0.6 is 12.2 Å². The Balaban J connectivity index is 3.58. The van der Waals surface area contributed by atoms with E-state index in [9.17, 15) is 0 Å². The molecule has 0 fully saturated rings. The Labute approximate surface area is 48.0 Å². The molecule has 0 aliphatic heterocycles. The molecule has 0 aromatic carbocycles. The lowest BCUT2D eigenvalue weighted by atomic mass is 10.9. The minimum atomic E-state index is 0.294. The molecule has 0 saturated carbocycles. The van der Waals surface area contributed by atoms with Crippen LogP contribution in [0.15, 0.2) is 9.98 Å². The fourth-order valence-electron chi connectivity index (χ4n) is 0.151. The molecule has 0 radical (unpaired) electrons. The van der Waals surface area contributed by atoms with Crippen molar-refractivity contribution in [3.63, 3.8) is 0 Å². The molecule has 0 spiro atoms. The molecule has 0 atom stereocenters. The predicted molar refractivity (Wildman–Crippen MR) is 36.3 cm³/mol. The van der Waals surface area contributed by atoms with E-state index in [0.717, 1.165) is 0 Å². The lowest BCUT2D eigenvalue weighted by Gasteiger charge is -1.77. The van der Waals surface area contributed by atoms with Gasteiger partial charge in [0.1, 0.15) is 0 Å². The standard InChI is InChI=1S/C4H6N2S/c1-3-6-4(7)5-2/h3H,2H2,1H3/b6-3-. The largest absolute Gasteiger partial charge is 0.235 e. The van der Waals surface area contributed by atoms with Crippen molar-refractivity contribution in [2.75, 3.05) is 0 Å². The highest BCUT2D eigenvalue weighted by Gasteiger charge is 1.74. The molecule has 0 amide bonds. The first-order valence-electron chi connectivity index (χ1n) is 1.80.